The molecule has 1 aromatic rings. The molecule has 1 fully saturated rings. The Hall–Kier alpha value is -0.540. The summed E-state index contributed by atoms with van der Waals surface area (Å²) in [6.45, 7) is 10.2. The molecule has 1 saturated heterocycles. The molecule has 19 heavy (non-hydrogen) atoms. The Kier molecular flexibility index (Phi) is 5.28. The molecule has 1 atom stereocenters. The topological polar surface area (TPSA) is 16.1 Å². The zero-order valence-corrected chi connectivity index (χ0v) is 13.4. The SMILES string of the molecule is CC(C)Sc1ccc([C@H]2CCCCN2C(C)C)cn1. The fraction of sp³-hybridized carbons (Fsp3) is 0.688. The fourth-order valence-corrected chi connectivity index (χ4v) is 3.57. The molecule has 0 aromatic carbocycles. The van der Waals surface area contributed by atoms with E-state index in [0.29, 0.717) is 17.3 Å². The number of hydrogen-bond acceptors (Lipinski definition) is 3. The molecule has 106 valence electrons. The van der Waals surface area contributed by atoms with Gasteiger partial charge in [0.05, 0.1) is 5.03 Å². The summed E-state index contributed by atoms with van der Waals surface area (Å²) in [7, 11) is 0. The van der Waals surface area contributed by atoms with E-state index in [-0.39, 0.29) is 0 Å². The van der Waals surface area contributed by atoms with Crippen LogP contribution >= 0.6 is 11.8 Å². The summed E-state index contributed by atoms with van der Waals surface area (Å²) >= 11 is 1.84. The highest BCUT2D eigenvalue weighted by atomic mass is 32.2. The second-order valence-corrected chi connectivity index (χ2v) is 7.54. The van der Waals surface area contributed by atoms with E-state index in [1.54, 1.807) is 0 Å². The second kappa shape index (κ2) is 6.76. The van der Waals surface area contributed by atoms with Gasteiger partial charge in [-0.1, -0.05) is 26.3 Å². The molecule has 0 saturated carbocycles. The Labute approximate surface area is 122 Å². The van der Waals surface area contributed by atoms with Gasteiger partial charge in [-0.25, -0.2) is 4.98 Å². The standard InChI is InChI=1S/C16H26N2S/c1-12(2)18-10-6-5-7-15(18)14-8-9-16(17-11-14)19-13(3)4/h8-9,11-13,15H,5-7,10H2,1-4H3/t15-/m1/s1. The van der Waals surface area contributed by atoms with Crippen molar-refractivity contribution in [3.8, 4) is 0 Å². The second-order valence-electron chi connectivity index (χ2n) is 5.94. The lowest BCUT2D eigenvalue weighted by Crippen LogP contribution is -2.38. The Morgan fingerprint density at radius 2 is 2.00 bits per heavy atom. The minimum absolute atomic E-state index is 0.569. The lowest BCUT2D eigenvalue weighted by molar-refractivity contribution is 0.112. The Bertz CT molecular complexity index is 386. The van der Waals surface area contributed by atoms with Gasteiger partial charge in [0.15, 0.2) is 0 Å². The van der Waals surface area contributed by atoms with Gasteiger partial charge >= 0.3 is 0 Å². The van der Waals surface area contributed by atoms with Crippen molar-refractivity contribution >= 4 is 11.8 Å². The van der Waals surface area contributed by atoms with Gasteiger partial charge in [0.25, 0.3) is 0 Å². The van der Waals surface area contributed by atoms with Gasteiger partial charge in [0.1, 0.15) is 0 Å². The van der Waals surface area contributed by atoms with Crippen LogP contribution in [0.3, 0.4) is 0 Å². The third-order valence-electron chi connectivity index (χ3n) is 3.71. The predicted octanol–water partition coefficient (Wildman–Crippen LogP) is 4.52. The van der Waals surface area contributed by atoms with Crippen LogP contribution in [0.1, 0.15) is 58.6 Å². The molecule has 0 bridgehead atoms. The molecule has 3 heteroatoms. The number of pyridine rings is 1. The highest BCUT2D eigenvalue weighted by Crippen LogP contribution is 2.32. The number of piperidine rings is 1. The van der Waals surface area contributed by atoms with E-state index in [4.69, 9.17) is 0 Å². The maximum Gasteiger partial charge on any atom is 0.0962 e. The molecule has 1 aliphatic heterocycles. The quantitative estimate of drug-likeness (QED) is 0.753. The minimum Gasteiger partial charge on any atom is -0.294 e. The van der Waals surface area contributed by atoms with Gasteiger partial charge < -0.3 is 0 Å². The average molecular weight is 278 g/mol. The number of thioether (sulfide) groups is 1. The number of rotatable bonds is 4. The predicted molar refractivity (Wildman–Crippen MR) is 83.7 cm³/mol. The van der Waals surface area contributed by atoms with Gasteiger partial charge in [0.2, 0.25) is 0 Å². The van der Waals surface area contributed by atoms with Crippen molar-refractivity contribution in [1.29, 1.82) is 0 Å². The van der Waals surface area contributed by atoms with E-state index in [9.17, 15) is 0 Å². The molecule has 0 unspecified atom stereocenters. The highest BCUT2D eigenvalue weighted by molar-refractivity contribution is 7.99. The van der Waals surface area contributed by atoms with Crippen molar-refractivity contribution in [3.63, 3.8) is 0 Å². The van der Waals surface area contributed by atoms with Crippen LogP contribution < -0.4 is 0 Å². The summed E-state index contributed by atoms with van der Waals surface area (Å²) < 4.78 is 0. The molecular weight excluding hydrogens is 252 g/mol. The zero-order valence-electron chi connectivity index (χ0n) is 12.6. The lowest BCUT2D eigenvalue weighted by atomic mass is 9.95. The van der Waals surface area contributed by atoms with E-state index in [2.05, 4.69) is 55.9 Å². The fourth-order valence-electron chi connectivity index (χ4n) is 2.83. The summed E-state index contributed by atoms with van der Waals surface area (Å²) in [6.07, 6.45) is 6.05. The molecule has 1 aromatic heterocycles. The van der Waals surface area contributed by atoms with Crippen LogP contribution in [0, 0.1) is 0 Å². The zero-order chi connectivity index (χ0) is 13.8. The number of aromatic nitrogens is 1. The van der Waals surface area contributed by atoms with Crippen LogP contribution in [-0.4, -0.2) is 27.7 Å². The summed E-state index contributed by atoms with van der Waals surface area (Å²) in [6, 6.07) is 5.66. The van der Waals surface area contributed by atoms with Crippen LogP contribution in [0.2, 0.25) is 0 Å². The van der Waals surface area contributed by atoms with Crippen LogP contribution in [0.25, 0.3) is 0 Å². The maximum absolute atomic E-state index is 4.62. The lowest BCUT2D eigenvalue weighted by Gasteiger charge is -2.38. The molecule has 0 radical (unpaired) electrons. The van der Waals surface area contributed by atoms with Crippen molar-refractivity contribution in [2.24, 2.45) is 0 Å². The minimum atomic E-state index is 0.569. The molecular formula is C16H26N2S. The van der Waals surface area contributed by atoms with Gasteiger partial charge in [-0.05, 0) is 44.9 Å². The van der Waals surface area contributed by atoms with Gasteiger partial charge in [-0.15, -0.1) is 11.8 Å². The first-order valence-electron chi connectivity index (χ1n) is 7.46. The van der Waals surface area contributed by atoms with Crippen molar-refractivity contribution in [3.05, 3.63) is 23.9 Å². The van der Waals surface area contributed by atoms with E-state index in [1.165, 1.54) is 31.4 Å². The molecule has 0 spiro atoms. The van der Waals surface area contributed by atoms with Crippen LogP contribution in [-0.2, 0) is 0 Å². The molecule has 0 N–H and O–H groups in total. The smallest absolute Gasteiger partial charge is 0.0962 e. The summed E-state index contributed by atoms with van der Waals surface area (Å²) in [4.78, 5) is 7.24. The average Bonchev–Trinajstić information content (AvgIpc) is 2.39. The number of likely N-dealkylation sites (tertiary alicyclic amines) is 1. The summed E-state index contributed by atoms with van der Waals surface area (Å²) in [5.74, 6) is 0. The normalized spacial score (nSPS) is 21.3. The first-order chi connectivity index (χ1) is 9.08. The van der Waals surface area contributed by atoms with E-state index in [0.717, 1.165) is 5.03 Å². The van der Waals surface area contributed by atoms with Crippen LogP contribution in [0.5, 0.6) is 0 Å². The number of hydrogen-bond donors (Lipinski definition) is 0. The largest absolute Gasteiger partial charge is 0.294 e. The first kappa shape index (κ1) is 14.9. The Morgan fingerprint density at radius 1 is 1.21 bits per heavy atom. The third kappa shape index (κ3) is 3.96. The van der Waals surface area contributed by atoms with Gasteiger partial charge in [-0.3, -0.25) is 4.90 Å². The monoisotopic (exact) mass is 278 g/mol. The third-order valence-corrected chi connectivity index (χ3v) is 4.66. The molecule has 1 aliphatic rings. The van der Waals surface area contributed by atoms with Crippen LogP contribution in [0.15, 0.2) is 23.4 Å². The van der Waals surface area contributed by atoms with Crippen molar-refractivity contribution < 1.29 is 0 Å². The molecule has 2 rings (SSSR count). The van der Waals surface area contributed by atoms with Crippen molar-refractivity contribution in [2.45, 2.75) is 69.3 Å². The Balaban J connectivity index is 2.11. The first-order valence-corrected chi connectivity index (χ1v) is 8.34. The van der Waals surface area contributed by atoms with E-state index < -0.39 is 0 Å². The van der Waals surface area contributed by atoms with E-state index in [1.807, 2.05) is 11.8 Å². The van der Waals surface area contributed by atoms with Crippen molar-refractivity contribution in [1.82, 2.24) is 9.88 Å². The molecule has 2 nitrogen and oxygen atoms in total. The highest BCUT2D eigenvalue weighted by Gasteiger charge is 2.25. The molecule has 0 aliphatic carbocycles. The Morgan fingerprint density at radius 3 is 2.58 bits per heavy atom. The van der Waals surface area contributed by atoms with Crippen LogP contribution in [0.4, 0.5) is 0 Å². The molecule has 0 amide bonds. The van der Waals surface area contributed by atoms with E-state index >= 15 is 0 Å². The molecule has 2 heterocycles. The van der Waals surface area contributed by atoms with Gasteiger partial charge in [-0.2, -0.15) is 0 Å². The summed E-state index contributed by atoms with van der Waals surface area (Å²) in [5.41, 5.74) is 1.39. The summed E-state index contributed by atoms with van der Waals surface area (Å²) in [5, 5.41) is 1.74. The van der Waals surface area contributed by atoms with Gasteiger partial charge in [0, 0.05) is 23.5 Å². The number of nitrogens with zero attached hydrogens (tertiary/aromatic N) is 2. The maximum atomic E-state index is 4.62. The van der Waals surface area contributed by atoms with Crippen molar-refractivity contribution in [2.75, 3.05) is 6.54 Å².